The molecule has 0 radical (unpaired) electrons. The van der Waals surface area contributed by atoms with Crippen molar-refractivity contribution >= 4 is 5.91 Å². The minimum atomic E-state index is -0.195. The van der Waals surface area contributed by atoms with Crippen LogP contribution in [-0.4, -0.2) is 36.5 Å². The Labute approximate surface area is 121 Å². The van der Waals surface area contributed by atoms with E-state index in [9.17, 15) is 4.79 Å². The third kappa shape index (κ3) is 5.31. The summed E-state index contributed by atoms with van der Waals surface area (Å²) in [5.41, 5.74) is 6.51. The van der Waals surface area contributed by atoms with E-state index < -0.39 is 0 Å². The molecule has 0 saturated carbocycles. The zero-order chi connectivity index (χ0) is 14.2. The smallest absolute Gasteiger partial charge is 0.217 e. The number of carbonyl (C=O) groups excluding carboxylic acids is 1. The molecule has 1 aromatic carbocycles. The Balaban J connectivity index is 1.59. The van der Waals surface area contributed by atoms with Gasteiger partial charge in [-0.15, -0.1) is 0 Å². The molecular formula is C16H25N3O. The normalized spacial score (nSPS) is 19.3. The molecule has 1 aliphatic rings. The lowest BCUT2D eigenvalue weighted by Gasteiger charge is -2.16. The number of primary amides is 1. The molecule has 2 rings (SSSR count). The zero-order valence-corrected chi connectivity index (χ0v) is 12.1. The predicted octanol–water partition coefficient (Wildman–Crippen LogP) is 1.51. The zero-order valence-electron chi connectivity index (χ0n) is 12.1. The highest BCUT2D eigenvalue weighted by molar-refractivity contribution is 5.73. The van der Waals surface area contributed by atoms with E-state index in [-0.39, 0.29) is 5.91 Å². The van der Waals surface area contributed by atoms with Crippen LogP contribution in [0.2, 0.25) is 0 Å². The highest BCUT2D eigenvalue weighted by atomic mass is 16.1. The van der Waals surface area contributed by atoms with Crippen molar-refractivity contribution in [1.82, 2.24) is 10.2 Å². The van der Waals surface area contributed by atoms with Crippen LogP contribution in [0.1, 0.15) is 31.2 Å². The summed E-state index contributed by atoms with van der Waals surface area (Å²) in [5, 5.41) is 3.58. The SMILES string of the molecule is NC(=O)CCCCNC1CCN(Cc2ccccc2)C1. The largest absolute Gasteiger partial charge is 0.370 e. The first kappa shape index (κ1) is 15.0. The lowest BCUT2D eigenvalue weighted by atomic mass is 10.2. The van der Waals surface area contributed by atoms with Gasteiger partial charge in [-0.25, -0.2) is 0 Å². The van der Waals surface area contributed by atoms with Crippen molar-refractivity contribution in [2.75, 3.05) is 19.6 Å². The van der Waals surface area contributed by atoms with Crippen molar-refractivity contribution < 1.29 is 4.79 Å². The van der Waals surface area contributed by atoms with Crippen LogP contribution in [0.25, 0.3) is 0 Å². The van der Waals surface area contributed by atoms with Crippen molar-refractivity contribution in [1.29, 1.82) is 0 Å². The number of nitrogens with two attached hydrogens (primary N) is 1. The van der Waals surface area contributed by atoms with E-state index >= 15 is 0 Å². The molecule has 1 heterocycles. The van der Waals surface area contributed by atoms with Gasteiger partial charge in [0, 0.05) is 32.1 Å². The number of benzene rings is 1. The third-order valence-corrected chi connectivity index (χ3v) is 3.80. The highest BCUT2D eigenvalue weighted by Crippen LogP contribution is 2.13. The van der Waals surface area contributed by atoms with E-state index in [1.165, 1.54) is 12.0 Å². The van der Waals surface area contributed by atoms with E-state index in [1.54, 1.807) is 0 Å². The van der Waals surface area contributed by atoms with Gasteiger partial charge in [-0.2, -0.15) is 0 Å². The number of nitrogens with zero attached hydrogens (tertiary/aromatic N) is 1. The summed E-state index contributed by atoms with van der Waals surface area (Å²) >= 11 is 0. The monoisotopic (exact) mass is 275 g/mol. The van der Waals surface area contributed by atoms with Crippen molar-refractivity contribution in [3.05, 3.63) is 35.9 Å². The maximum atomic E-state index is 10.6. The number of nitrogens with one attached hydrogen (secondary N) is 1. The summed E-state index contributed by atoms with van der Waals surface area (Å²) in [6, 6.07) is 11.2. The van der Waals surface area contributed by atoms with Crippen molar-refractivity contribution in [3.63, 3.8) is 0 Å². The summed E-state index contributed by atoms with van der Waals surface area (Å²) < 4.78 is 0. The molecule has 1 atom stereocenters. The maximum absolute atomic E-state index is 10.6. The van der Waals surface area contributed by atoms with Gasteiger partial charge in [-0.1, -0.05) is 30.3 Å². The number of amides is 1. The summed E-state index contributed by atoms with van der Waals surface area (Å²) in [6.07, 6.45) is 3.63. The Morgan fingerprint density at radius 3 is 2.85 bits per heavy atom. The minimum absolute atomic E-state index is 0.195. The lowest BCUT2D eigenvalue weighted by Crippen LogP contribution is -2.33. The Morgan fingerprint density at radius 1 is 1.30 bits per heavy atom. The number of hydrogen-bond donors (Lipinski definition) is 2. The second-order valence-corrected chi connectivity index (χ2v) is 5.58. The molecule has 0 aromatic heterocycles. The van der Waals surface area contributed by atoms with E-state index in [0.29, 0.717) is 12.5 Å². The molecule has 0 bridgehead atoms. The first-order valence-corrected chi connectivity index (χ1v) is 7.52. The van der Waals surface area contributed by atoms with Crippen LogP contribution in [0.15, 0.2) is 30.3 Å². The van der Waals surface area contributed by atoms with Crippen LogP contribution in [0.3, 0.4) is 0 Å². The summed E-state index contributed by atoms with van der Waals surface area (Å²) in [7, 11) is 0. The highest BCUT2D eigenvalue weighted by Gasteiger charge is 2.21. The molecule has 1 unspecified atom stereocenters. The molecule has 1 aromatic rings. The van der Waals surface area contributed by atoms with Crippen molar-refractivity contribution in [2.24, 2.45) is 5.73 Å². The summed E-state index contributed by atoms with van der Waals surface area (Å²) in [6.45, 7) is 4.30. The number of rotatable bonds is 8. The van der Waals surface area contributed by atoms with Crippen LogP contribution in [-0.2, 0) is 11.3 Å². The third-order valence-electron chi connectivity index (χ3n) is 3.80. The molecule has 0 spiro atoms. The van der Waals surface area contributed by atoms with Crippen LogP contribution in [0, 0.1) is 0 Å². The van der Waals surface area contributed by atoms with Gasteiger partial charge in [-0.05, 0) is 31.4 Å². The first-order chi connectivity index (χ1) is 9.74. The molecular weight excluding hydrogens is 250 g/mol. The molecule has 1 fully saturated rings. The van der Waals surface area contributed by atoms with Crippen LogP contribution < -0.4 is 11.1 Å². The Bertz CT molecular complexity index is 407. The predicted molar refractivity (Wildman–Crippen MR) is 81.2 cm³/mol. The van der Waals surface area contributed by atoms with Gasteiger partial charge in [0.1, 0.15) is 0 Å². The summed E-state index contributed by atoms with van der Waals surface area (Å²) in [4.78, 5) is 13.1. The van der Waals surface area contributed by atoms with Crippen LogP contribution in [0.4, 0.5) is 0 Å². The van der Waals surface area contributed by atoms with E-state index in [4.69, 9.17) is 5.73 Å². The fraction of sp³-hybridized carbons (Fsp3) is 0.562. The van der Waals surface area contributed by atoms with E-state index in [1.807, 2.05) is 0 Å². The Hall–Kier alpha value is -1.39. The topological polar surface area (TPSA) is 58.4 Å². The van der Waals surface area contributed by atoms with Crippen LogP contribution in [0.5, 0.6) is 0 Å². The molecule has 20 heavy (non-hydrogen) atoms. The second kappa shape index (κ2) is 8.02. The fourth-order valence-electron chi connectivity index (χ4n) is 2.71. The number of unbranched alkanes of at least 4 members (excludes halogenated alkanes) is 1. The first-order valence-electron chi connectivity index (χ1n) is 7.52. The number of carbonyl (C=O) groups is 1. The fourth-order valence-corrected chi connectivity index (χ4v) is 2.71. The van der Waals surface area contributed by atoms with Crippen molar-refractivity contribution in [3.8, 4) is 0 Å². The maximum Gasteiger partial charge on any atom is 0.217 e. The molecule has 110 valence electrons. The van der Waals surface area contributed by atoms with E-state index in [2.05, 4.69) is 40.5 Å². The molecule has 1 saturated heterocycles. The standard InChI is InChI=1S/C16H25N3O/c17-16(20)8-4-5-10-18-15-9-11-19(13-15)12-14-6-2-1-3-7-14/h1-3,6-7,15,18H,4-5,8-13H2,(H2,17,20). The van der Waals surface area contributed by atoms with Crippen LogP contribution >= 0.6 is 0 Å². The molecule has 1 amide bonds. The van der Waals surface area contributed by atoms with Gasteiger partial charge in [0.15, 0.2) is 0 Å². The molecule has 0 aliphatic carbocycles. The number of hydrogen-bond acceptors (Lipinski definition) is 3. The van der Waals surface area contributed by atoms with Gasteiger partial charge in [-0.3, -0.25) is 9.69 Å². The average Bonchev–Trinajstić information content (AvgIpc) is 2.87. The lowest BCUT2D eigenvalue weighted by molar-refractivity contribution is -0.118. The average molecular weight is 275 g/mol. The van der Waals surface area contributed by atoms with Gasteiger partial charge >= 0.3 is 0 Å². The van der Waals surface area contributed by atoms with E-state index in [0.717, 1.165) is 39.0 Å². The van der Waals surface area contributed by atoms with Gasteiger partial charge in [0.2, 0.25) is 5.91 Å². The minimum Gasteiger partial charge on any atom is -0.370 e. The molecule has 3 N–H and O–H groups in total. The Morgan fingerprint density at radius 2 is 2.10 bits per heavy atom. The van der Waals surface area contributed by atoms with Gasteiger partial charge < -0.3 is 11.1 Å². The molecule has 4 heteroatoms. The van der Waals surface area contributed by atoms with Crippen molar-refractivity contribution in [2.45, 2.75) is 38.3 Å². The number of likely N-dealkylation sites (tertiary alicyclic amines) is 1. The van der Waals surface area contributed by atoms with Gasteiger partial charge in [0.05, 0.1) is 0 Å². The van der Waals surface area contributed by atoms with Gasteiger partial charge in [0.25, 0.3) is 0 Å². The quantitative estimate of drug-likeness (QED) is 0.707. The second-order valence-electron chi connectivity index (χ2n) is 5.58. The molecule has 4 nitrogen and oxygen atoms in total. The Kier molecular flexibility index (Phi) is 6.02. The molecule has 1 aliphatic heterocycles. The summed E-state index contributed by atoms with van der Waals surface area (Å²) in [5.74, 6) is -0.195.